The Labute approximate surface area is 86.5 Å². The molecule has 15 heavy (non-hydrogen) atoms. The minimum atomic E-state index is -1.08. The van der Waals surface area contributed by atoms with Crippen molar-refractivity contribution in [1.29, 1.82) is 0 Å². The van der Waals surface area contributed by atoms with Crippen LogP contribution in [0.4, 0.5) is 0 Å². The first kappa shape index (κ1) is 11.5. The van der Waals surface area contributed by atoms with Crippen molar-refractivity contribution in [2.24, 2.45) is 0 Å². The second-order valence-electron chi connectivity index (χ2n) is 2.99. The summed E-state index contributed by atoms with van der Waals surface area (Å²) in [4.78, 5) is 11.3. The second kappa shape index (κ2) is 5.33. The number of hydrogen-bond acceptors (Lipinski definition) is 5. The molecule has 0 fully saturated rings. The Kier molecular flexibility index (Phi) is 4.08. The molecule has 5 nitrogen and oxygen atoms in total. The highest BCUT2D eigenvalue weighted by molar-refractivity contribution is 5.89. The number of carbonyl (C=O) groups is 1. The predicted molar refractivity (Wildman–Crippen MR) is 51.5 cm³/mol. The van der Waals surface area contributed by atoms with Gasteiger partial charge in [0.05, 0.1) is 12.2 Å². The maximum absolute atomic E-state index is 11.3. The molecule has 5 heteroatoms. The number of hydrogen-bond donors (Lipinski definition) is 3. The van der Waals surface area contributed by atoms with Gasteiger partial charge in [0.1, 0.15) is 18.5 Å². The van der Waals surface area contributed by atoms with Crippen molar-refractivity contribution in [1.82, 2.24) is 0 Å². The van der Waals surface area contributed by atoms with Crippen LogP contribution in [0.2, 0.25) is 0 Å². The van der Waals surface area contributed by atoms with E-state index in [4.69, 9.17) is 15.3 Å². The quantitative estimate of drug-likeness (QED) is 0.607. The van der Waals surface area contributed by atoms with Crippen molar-refractivity contribution >= 4 is 5.97 Å². The molecule has 0 spiro atoms. The summed E-state index contributed by atoms with van der Waals surface area (Å²) in [6.07, 6.45) is -1.08. The molecule has 0 aliphatic heterocycles. The summed E-state index contributed by atoms with van der Waals surface area (Å²) in [6, 6.07) is 5.68. The van der Waals surface area contributed by atoms with Crippen LogP contribution in [0.1, 0.15) is 10.4 Å². The lowest BCUT2D eigenvalue weighted by Crippen LogP contribution is -2.21. The van der Waals surface area contributed by atoms with Crippen LogP contribution in [-0.2, 0) is 4.74 Å². The Morgan fingerprint density at radius 2 is 2.20 bits per heavy atom. The van der Waals surface area contributed by atoms with Gasteiger partial charge in [-0.05, 0) is 18.2 Å². The highest BCUT2D eigenvalue weighted by Crippen LogP contribution is 2.11. The minimum Gasteiger partial charge on any atom is -0.508 e. The molecule has 1 aromatic rings. The number of phenolic OH excluding ortho intramolecular Hbond substituents is 1. The average molecular weight is 212 g/mol. The molecule has 3 N–H and O–H groups in total. The molecule has 0 aliphatic carbocycles. The van der Waals surface area contributed by atoms with Gasteiger partial charge in [-0.25, -0.2) is 4.79 Å². The van der Waals surface area contributed by atoms with E-state index in [-0.39, 0.29) is 17.9 Å². The fourth-order valence-electron chi connectivity index (χ4n) is 0.941. The number of esters is 1. The summed E-state index contributed by atoms with van der Waals surface area (Å²) < 4.78 is 4.68. The molecule has 0 bridgehead atoms. The maximum atomic E-state index is 11.3. The van der Waals surface area contributed by atoms with E-state index in [1.807, 2.05) is 0 Å². The Morgan fingerprint density at radius 3 is 2.80 bits per heavy atom. The van der Waals surface area contributed by atoms with E-state index in [0.29, 0.717) is 0 Å². The fourth-order valence-corrected chi connectivity index (χ4v) is 0.941. The van der Waals surface area contributed by atoms with Crippen molar-refractivity contribution in [3.05, 3.63) is 29.8 Å². The lowest BCUT2D eigenvalue weighted by atomic mass is 10.2. The van der Waals surface area contributed by atoms with E-state index in [1.165, 1.54) is 24.3 Å². The monoisotopic (exact) mass is 212 g/mol. The van der Waals surface area contributed by atoms with Crippen molar-refractivity contribution in [3.8, 4) is 5.75 Å². The molecule has 0 heterocycles. The third-order valence-electron chi connectivity index (χ3n) is 1.70. The number of benzene rings is 1. The molecule has 1 unspecified atom stereocenters. The Balaban J connectivity index is 2.54. The topological polar surface area (TPSA) is 87.0 Å². The van der Waals surface area contributed by atoms with Crippen LogP contribution >= 0.6 is 0 Å². The molecule has 0 saturated heterocycles. The first-order valence-electron chi connectivity index (χ1n) is 4.38. The molecule has 82 valence electrons. The minimum absolute atomic E-state index is 0.0350. The van der Waals surface area contributed by atoms with Crippen LogP contribution in [0.5, 0.6) is 5.75 Å². The highest BCUT2D eigenvalue weighted by Gasteiger charge is 2.10. The Bertz CT molecular complexity index is 336. The molecule has 0 radical (unpaired) electrons. The summed E-state index contributed by atoms with van der Waals surface area (Å²) in [5.41, 5.74) is 0.195. The van der Waals surface area contributed by atoms with Gasteiger partial charge >= 0.3 is 5.97 Å². The summed E-state index contributed by atoms with van der Waals surface area (Å²) in [6.45, 7) is -0.738. The van der Waals surface area contributed by atoms with Crippen LogP contribution in [0.3, 0.4) is 0 Å². The molecule has 1 aromatic carbocycles. The number of ether oxygens (including phenoxy) is 1. The number of aliphatic hydroxyl groups is 2. The molecule has 0 saturated carbocycles. The number of carbonyl (C=O) groups excluding carboxylic acids is 1. The molecular weight excluding hydrogens is 200 g/mol. The van der Waals surface area contributed by atoms with E-state index >= 15 is 0 Å². The van der Waals surface area contributed by atoms with E-state index in [1.54, 1.807) is 0 Å². The summed E-state index contributed by atoms with van der Waals surface area (Å²) >= 11 is 0. The third kappa shape index (κ3) is 3.57. The largest absolute Gasteiger partial charge is 0.508 e. The lowest BCUT2D eigenvalue weighted by molar-refractivity contribution is 0.00931. The number of aliphatic hydroxyl groups excluding tert-OH is 2. The standard InChI is InChI=1S/C10H12O5/c11-5-9(13)6-15-10(14)7-2-1-3-8(12)4-7/h1-4,9,11-13H,5-6H2. The van der Waals surface area contributed by atoms with E-state index in [9.17, 15) is 4.79 Å². The summed E-state index contributed by atoms with van der Waals surface area (Å²) in [5, 5.41) is 26.5. The van der Waals surface area contributed by atoms with Gasteiger partial charge in [0.25, 0.3) is 0 Å². The highest BCUT2D eigenvalue weighted by atomic mass is 16.5. The molecular formula is C10H12O5. The number of phenols is 1. The molecule has 1 rings (SSSR count). The van der Waals surface area contributed by atoms with Gasteiger partial charge in [0, 0.05) is 0 Å². The zero-order valence-electron chi connectivity index (χ0n) is 7.96. The predicted octanol–water partition coefficient (Wildman–Crippen LogP) is -0.0978. The van der Waals surface area contributed by atoms with E-state index < -0.39 is 18.7 Å². The summed E-state index contributed by atoms with van der Waals surface area (Å²) in [5.74, 6) is -0.689. The summed E-state index contributed by atoms with van der Waals surface area (Å²) in [7, 11) is 0. The van der Waals surface area contributed by atoms with Crippen LogP contribution in [0.15, 0.2) is 24.3 Å². The van der Waals surface area contributed by atoms with Gasteiger partial charge in [0.2, 0.25) is 0 Å². The van der Waals surface area contributed by atoms with Gasteiger partial charge < -0.3 is 20.1 Å². The van der Waals surface area contributed by atoms with Gasteiger partial charge in [-0.15, -0.1) is 0 Å². The normalized spacial score (nSPS) is 12.1. The van der Waals surface area contributed by atoms with Crippen LogP contribution in [-0.4, -0.2) is 40.6 Å². The van der Waals surface area contributed by atoms with Crippen LogP contribution in [0, 0.1) is 0 Å². The first-order valence-corrected chi connectivity index (χ1v) is 4.38. The Hall–Kier alpha value is -1.59. The smallest absolute Gasteiger partial charge is 0.338 e. The number of aromatic hydroxyl groups is 1. The zero-order valence-corrected chi connectivity index (χ0v) is 7.96. The second-order valence-corrected chi connectivity index (χ2v) is 2.99. The number of rotatable bonds is 4. The van der Waals surface area contributed by atoms with Crippen LogP contribution < -0.4 is 0 Å². The van der Waals surface area contributed by atoms with Crippen molar-refractivity contribution < 1.29 is 24.9 Å². The van der Waals surface area contributed by atoms with Gasteiger partial charge in [0.15, 0.2) is 0 Å². The van der Waals surface area contributed by atoms with Gasteiger partial charge in [-0.3, -0.25) is 0 Å². The average Bonchev–Trinajstić information content (AvgIpc) is 2.25. The maximum Gasteiger partial charge on any atom is 0.338 e. The van der Waals surface area contributed by atoms with Crippen molar-refractivity contribution in [3.63, 3.8) is 0 Å². The first-order chi connectivity index (χ1) is 7.13. The van der Waals surface area contributed by atoms with Gasteiger partial charge in [-0.1, -0.05) is 6.07 Å². The third-order valence-corrected chi connectivity index (χ3v) is 1.70. The lowest BCUT2D eigenvalue weighted by Gasteiger charge is -2.08. The SMILES string of the molecule is O=C(OCC(O)CO)c1cccc(O)c1. The van der Waals surface area contributed by atoms with E-state index in [0.717, 1.165) is 0 Å². The molecule has 1 atom stereocenters. The zero-order chi connectivity index (χ0) is 11.3. The van der Waals surface area contributed by atoms with Crippen molar-refractivity contribution in [2.75, 3.05) is 13.2 Å². The van der Waals surface area contributed by atoms with Gasteiger partial charge in [-0.2, -0.15) is 0 Å². The molecule has 0 aliphatic rings. The molecule has 0 aromatic heterocycles. The van der Waals surface area contributed by atoms with Crippen molar-refractivity contribution in [2.45, 2.75) is 6.10 Å². The Morgan fingerprint density at radius 1 is 1.47 bits per heavy atom. The molecule has 0 amide bonds. The van der Waals surface area contributed by atoms with Crippen LogP contribution in [0.25, 0.3) is 0 Å². The fraction of sp³-hybridized carbons (Fsp3) is 0.300. The van der Waals surface area contributed by atoms with E-state index in [2.05, 4.69) is 4.74 Å².